The highest BCUT2D eigenvalue weighted by molar-refractivity contribution is 9.10. The Labute approximate surface area is 121 Å². The van der Waals surface area contributed by atoms with Crippen molar-refractivity contribution in [2.75, 3.05) is 26.3 Å². The van der Waals surface area contributed by atoms with Gasteiger partial charge in [-0.15, -0.1) is 0 Å². The summed E-state index contributed by atoms with van der Waals surface area (Å²) in [7, 11) is 0. The largest absolute Gasteiger partial charge is 0.384 e. The van der Waals surface area contributed by atoms with Gasteiger partial charge < -0.3 is 14.7 Å². The first-order valence-electron chi connectivity index (χ1n) is 6.44. The van der Waals surface area contributed by atoms with Crippen LogP contribution in [0.25, 0.3) is 11.6 Å². The lowest BCUT2D eigenvalue weighted by Gasteiger charge is -2.28. The molecule has 3 nitrogen and oxygen atoms in total. The van der Waals surface area contributed by atoms with Gasteiger partial charge in [-0.25, -0.2) is 0 Å². The van der Waals surface area contributed by atoms with Gasteiger partial charge in [0.15, 0.2) is 0 Å². The summed E-state index contributed by atoms with van der Waals surface area (Å²) in [6.07, 6.45) is 5.35. The zero-order chi connectivity index (χ0) is 13.2. The van der Waals surface area contributed by atoms with E-state index in [4.69, 9.17) is 4.74 Å². The molecule has 1 aromatic rings. The predicted molar refractivity (Wildman–Crippen MR) is 79.6 cm³/mol. The first kappa shape index (κ1) is 12.9. The van der Waals surface area contributed by atoms with Crippen LogP contribution < -0.4 is 0 Å². The summed E-state index contributed by atoms with van der Waals surface area (Å²) in [6.45, 7) is 3.27. The van der Waals surface area contributed by atoms with Crippen LogP contribution in [0.5, 0.6) is 0 Å². The number of aliphatic hydroxyl groups excluding tert-OH is 1. The molecule has 0 bridgehead atoms. The van der Waals surface area contributed by atoms with Crippen molar-refractivity contribution in [1.82, 2.24) is 4.90 Å². The Hall–Kier alpha value is -1.10. The molecule has 0 aromatic heterocycles. The van der Waals surface area contributed by atoms with Gasteiger partial charge in [0, 0.05) is 29.3 Å². The van der Waals surface area contributed by atoms with Crippen molar-refractivity contribution in [1.29, 1.82) is 0 Å². The van der Waals surface area contributed by atoms with Gasteiger partial charge >= 0.3 is 0 Å². The van der Waals surface area contributed by atoms with E-state index in [9.17, 15) is 5.11 Å². The third-order valence-corrected chi connectivity index (χ3v) is 3.96. The standard InChI is InChI=1S/C15H16BrNO2/c16-12-2-3-13-11(9-12)1-4-15(18)14(13)10-17-5-7-19-8-6-17/h1-4,9-10,15,18H,5-8H2. The SMILES string of the molecule is OC1C=Cc2cc(Br)ccc2C1=CN1CCOCC1. The van der Waals surface area contributed by atoms with E-state index >= 15 is 0 Å². The molecule has 0 amide bonds. The van der Waals surface area contributed by atoms with Crippen LogP contribution in [0.1, 0.15) is 11.1 Å². The maximum atomic E-state index is 10.2. The lowest BCUT2D eigenvalue weighted by Crippen LogP contribution is -2.33. The summed E-state index contributed by atoms with van der Waals surface area (Å²) in [5.41, 5.74) is 3.20. The molecule has 4 heteroatoms. The predicted octanol–water partition coefficient (Wildman–Crippen LogP) is 2.51. The minimum atomic E-state index is -0.531. The van der Waals surface area contributed by atoms with E-state index in [-0.39, 0.29) is 0 Å². The molecular weight excluding hydrogens is 306 g/mol. The fourth-order valence-corrected chi connectivity index (χ4v) is 2.82. The molecule has 1 heterocycles. The second-order valence-corrected chi connectivity index (χ2v) is 5.68. The third-order valence-electron chi connectivity index (χ3n) is 3.47. The van der Waals surface area contributed by atoms with Crippen molar-refractivity contribution in [2.24, 2.45) is 0 Å². The van der Waals surface area contributed by atoms with Crippen molar-refractivity contribution in [3.63, 3.8) is 0 Å². The Balaban J connectivity index is 1.96. The number of fused-ring (bicyclic) bond motifs is 1. The summed E-state index contributed by atoms with van der Waals surface area (Å²) in [6, 6.07) is 6.14. The molecule has 0 radical (unpaired) electrons. The van der Waals surface area contributed by atoms with Crippen LogP contribution in [0.4, 0.5) is 0 Å². The molecule has 1 saturated heterocycles. The topological polar surface area (TPSA) is 32.7 Å². The van der Waals surface area contributed by atoms with Gasteiger partial charge in [-0.05, 0) is 23.3 Å². The van der Waals surface area contributed by atoms with Crippen LogP contribution in [-0.2, 0) is 4.74 Å². The Morgan fingerprint density at radius 2 is 2.11 bits per heavy atom. The van der Waals surface area contributed by atoms with Gasteiger partial charge in [0.2, 0.25) is 0 Å². The first-order chi connectivity index (χ1) is 9.24. The Bertz CT molecular complexity index is 533. The van der Waals surface area contributed by atoms with Gasteiger partial charge in [-0.1, -0.05) is 34.1 Å². The van der Waals surface area contributed by atoms with E-state index in [1.165, 1.54) is 0 Å². The van der Waals surface area contributed by atoms with E-state index in [0.29, 0.717) is 0 Å². The summed E-state index contributed by atoms with van der Waals surface area (Å²) in [5, 5.41) is 10.2. The molecule has 2 aliphatic rings. The van der Waals surface area contributed by atoms with E-state index in [0.717, 1.165) is 47.5 Å². The van der Waals surface area contributed by atoms with Gasteiger partial charge in [-0.3, -0.25) is 0 Å². The average molecular weight is 322 g/mol. The smallest absolute Gasteiger partial charge is 0.0995 e. The number of morpholine rings is 1. The maximum absolute atomic E-state index is 10.2. The van der Waals surface area contributed by atoms with Crippen molar-refractivity contribution >= 4 is 27.6 Å². The second-order valence-electron chi connectivity index (χ2n) is 4.77. The number of rotatable bonds is 1. The number of halogens is 1. The Kier molecular flexibility index (Phi) is 3.73. The van der Waals surface area contributed by atoms with Crippen molar-refractivity contribution in [3.8, 4) is 0 Å². The van der Waals surface area contributed by atoms with Gasteiger partial charge in [-0.2, -0.15) is 0 Å². The molecule has 19 heavy (non-hydrogen) atoms. The summed E-state index contributed by atoms with van der Waals surface area (Å²) < 4.78 is 6.40. The molecule has 3 rings (SSSR count). The zero-order valence-electron chi connectivity index (χ0n) is 10.6. The number of benzene rings is 1. The monoisotopic (exact) mass is 321 g/mol. The minimum Gasteiger partial charge on any atom is -0.384 e. The van der Waals surface area contributed by atoms with Crippen LogP contribution in [-0.4, -0.2) is 42.4 Å². The molecule has 1 fully saturated rings. The number of ether oxygens (including phenoxy) is 1. The molecule has 1 aliphatic heterocycles. The summed E-state index contributed by atoms with van der Waals surface area (Å²) >= 11 is 3.48. The number of nitrogens with zero attached hydrogens (tertiary/aromatic N) is 1. The molecule has 1 unspecified atom stereocenters. The fourth-order valence-electron chi connectivity index (χ4n) is 2.44. The summed E-state index contributed by atoms with van der Waals surface area (Å²) in [4.78, 5) is 2.22. The molecule has 0 saturated carbocycles. The minimum absolute atomic E-state index is 0.531. The van der Waals surface area contributed by atoms with Crippen LogP contribution in [0.2, 0.25) is 0 Å². The molecule has 1 aromatic carbocycles. The number of hydrogen-bond acceptors (Lipinski definition) is 3. The van der Waals surface area contributed by atoms with Gasteiger partial charge in [0.1, 0.15) is 0 Å². The molecule has 1 atom stereocenters. The molecule has 1 aliphatic carbocycles. The van der Waals surface area contributed by atoms with Gasteiger partial charge in [0.05, 0.1) is 19.3 Å². The van der Waals surface area contributed by atoms with E-state index < -0.39 is 6.10 Å². The van der Waals surface area contributed by atoms with Crippen molar-refractivity contribution in [2.45, 2.75) is 6.10 Å². The van der Waals surface area contributed by atoms with Crippen LogP contribution in [0.15, 0.2) is 34.9 Å². The molecule has 0 spiro atoms. The molecular formula is C15H16BrNO2. The third kappa shape index (κ3) is 2.76. The van der Waals surface area contributed by atoms with Crippen LogP contribution in [0.3, 0.4) is 0 Å². The highest BCUT2D eigenvalue weighted by Crippen LogP contribution is 2.31. The fraction of sp³-hybridized carbons (Fsp3) is 0.333. The van der Waals surface area contributed by atoms with Crippen molar-refractivity contribution < 1.29 is 9.84 Å². The number of hydrogen-bond donors (Lipinski definition) is 1. The highest BCUT2D eigenvalue weighted by Gasteiger charge is 2.19. The molecule has 1 N–H and O–H groups in total. The lowest BCUT2D eigenvalue weighted by molar-refractivity contribution is 0.0593. The van der Waals surface area contributed by atoms with E-state index in [2.05, 4.69) is 39.2 Å². The second kappa shape index (κ2) is 5.49. The van der Waals surface area contributed by atoms with E-state index in [1.54, 1.807) is 0 Å². The molecule has 100 valence electrons. The zero-order valence-corrected chi connectivity index (χ0v) is 12.1. The average Bonchev–Trinajstić information content (AvgIpc) is 2.43. The first-order valence-corrected chi connectivity index (χ1v) is 7.23. The normalized spacial score (nSPS) is 24.6. The van der Waals surface area contributed by atoms with Crippen LogP contribution >= 0.6 is 15.9 Å². The Morgan fingerprint density at radius 3 is 2.89 bits per heavy atom. The maximum Gasteiger partial charge on any atom is 0.0995 e. The van der Waals surface area contributed by atoms with Crippen molar-refractivity contribution in [3.05, 3.63) is 46.1 Å². The highest BCUT2D eigenvalue weighted by atomic mass is 79.9. The van der Waals surface area contributed by atoms with Crippen LogP contribution in [0, 0.1) is 0 Å². The van der Waals surface area contributed by atoms with E-state index in [1.807, 2.05) is 18.2 Å². The quantitative estimate of drug-likeness (QED) is 0.862. The number of aliphatic hydroxyl groups is 1. The summed E-state index contributed by atoms with van der Waals surface area (Å²) in [5.74, 6) is 0. The Morgan fingerprint density at radius 1 is 1.32 bits per heavy atom. The van der Waals surface area contributed by atoms with Gasteiger partial charge in [0.25, 0.3) is 0 Å². The lowest BCUT2D eigenvalue weighted by atomic mass is 9.91.